The van der Waals surface area contributed by atoms with Gasteiger partial charge in [-0.05, 0) is 11.5 Å². The number of benzene rings is 1. The van der Waals surface area contributed by atoms with Crippen molar-refractivity contribution in [3.8, 4) is 0 Å². The van der Waals surface area contributed by atoms with Crippen LogP contribution in [-0.4, -0.2) is 34.3 Å². The van der Waals surface area contributed by atoms with Crippen molar-refractivity contribution in [2.75, 3.05) is 0 Å². The fourth-order valence-corrected chi connectivity index (χ4v) is 1.73. The van der Waals surface area contributed by atoms with Gasteiger partial charge in [-0.25, -0.2) is 9.59 Å². The molecule has 0 fully saturated rings. The number of carboxylic acid groups (broad SMARTS) is 2. The van der Waals surface area contributed by atoms with Gasteiger partial charge in [0.1, 0.15) is 12.6 Å². The molecule has 0 aromatic heterocycles. The average molecular weight is 295 g/mol. The summed E-state index contributed by atoms with van der Waals surface area (Å²) in [6.07, 6.45) is -1.26. The fraction of sp³-hybridized carbons (Fsp3) is 0.357. The largest absolute Gasteiger partial charge is 0.481 e. The van der Waals surface area contributed by atoms with Crippen LogP contribution in [0.3, 0.4) is 0 Å². The van der Waals surface area contributed by atoms with Crippen molar-refractivity contribution in [2.45, 2.75) is 26.0 Å². The van der Waals surface area contributed by atoms with E-state index in [9.17, 15) is 14.4 Å². The van der Waals surface area contributed by atoms with Gasteiger partial charge in [0.25, 0.3) is 0 Å². The summed E-state index contributed by atoms with van der Waals surface area (Å²) in [6.45, 7) is 1.44. The number of ether oxygens (including phenoxy) is 1. The number of aliphatic carboxylic acids is 2. The van der Waals surface area contributed by atoms with Crippen molar-refractivity contribution in [1.29, 1.82) is 0 Å². The third-order valence-electron chi connectivity index (χ3n) is 2.82. The molecule has 1 rings (SSSR count). The van der Waals surface area contributed by atoms with E-state index in [1.54, 1.807) is 24.3 Å². The number of carbonyl (C=O) groups excluding carboxylic acids is 1. The maximum absolute atomic E-state index is 11.6. The number of rotatable bonds is 7. The van der Waals surface area contributed by atoms with Crippen LogP contribution in [-0.2, 0) is 20.9 Å². The molecule has 0 spiro atoms. The van der Waals surface area contributed by atoms with E-state index in [1.165, 1.54) is 6.92 Å². The van der Waals surface area contributed by atoms with Crippen LogP contribution in [0.2, 0.25) is 0 Å². The van der Waals surface area contributed by atoms with Crippen LogP contribution >= 0.6 is 0 Å². The first-order valence-corrected chi connectivity index (χ1v) is 6.32. The SMILES string of the molecule is C[C@@H](CC(=O)O)[C@H](NC(=O)OCc1ccccc1)C(=O)O. The van der Waals surface area contributed by atoms with Gasteiger partial charge in [-0.3, -0.25) is 4.79 Å². The van der Waals surface area contributed by atoms with E-state index < -0.39 is 30.0 Å². The Labute approximate surface area is 121 Å². The Morgan fingerprint density at radius 1 is 1.19 bits per heavy atom. The molecule has 7 heteroatoms. The van der Waals surface area contributed by atoms with E-state index in [0.29, 0.717) is 0 Å². The molecule has 0 saturated heterocycles. The lowest BCUT2D eigenvalue weighted by Crippen LogP contribution is -2.45. The van der Waals surface area contributed by atoms with Gasteiger partial charge < -0.3 is 20.3 Å². The number of carbonyl (C=O) groups is 3. The summed E-state index contributed by atoms with van der Waals surface area (Å²) in [5.41, 5.74) is 0.762. The molecule has 0 aliphatic carbocycles. The lowest BCUT2D eigenvalue weighted by Gasteiger charge is -2.19. The Balaban J connectivity index is 2.52. The number of amides is 1. The summed E-state index contributed by atoms with van der Waals surface area (Å²) in [7, 11) is 0. The Bertz CT molecular complexity index is 501. The predicted molar refractivity (Wildman–Crippen MR) is 72.6 cm³/mol. The van der Waals surface area contributed by atoms with Crippen molar-refractivity contribution in [1.82, 2.24) is 5.32 Å². The molecular weight excluding hydrogens is 278 g/mol. The normalized spacial score (nSPS) is 13.0. The first kappa shape index (κ1) is 16.5. The van der Waals surface area contributed by atoms with E-state index in [0.717, 1.165) is 5.56 Å². The smallest absolute Gasteiger partial charge is 0.408 e. The first-order chi connectivity index (χ1) is 9.90. The van der Waals surface area contributed by atoms with E-state index >= 15 is 0 Å². The summed E-state index contributed by atoms with van der Waals surface area (Å²) in [5, 5.41) is 19.9. The number of hydrogen-bond donors (Lipinski definition) is 3. The van der Waals surface area contributed by atoms with Gasteiger partial charge in [0, 0.05) is 0 Å². The molecule has 1 amide bonds. The lowest BCUT2D eigenvalue weighted by molar-refractivity contribution is -0.142. The second-order valence-electron chi connectivity index (χ2n) is 4.60. The van der Waals surface area contributed by atoms with E-state index in [1.807, 2.05) is 6.07 Å². The summed E-state index contributed by atoms with van der Waals surface area (Å²) < 4.78 is 4.90. The van der Waals surface area contributed by atoms with Crippen LogP contribution in [0.1, 0.15) is 18.9 Å². The summed E-state index contributed by atoms with van der Waals surface area (Å²) >= 11 is 0. The average Bonchev–Trinajstić information content (AvgIpc) is 2.42. The van der Waals surface area contributed by atoms with Crippen molar-refractivity contribution in [3.05, 3.63) is 35.9 Å². The summed E-state index contributed by atoms with van der Waals surface area (Å²) in [5.74, 6) is -3.20. The molecule has 7 nitrogen and oxygen atoms in total. The Morgan fingerprint density at radius 3 is 2.33 bits per heavy atom. The third-order valence-corrected chi connectivity index (χ3v) is 2.82. The van der Waals surface area contributed by atoms with Crippen LogP contribution < -0.4 is 5.32 Å². The number of hydrogen-bond acceptors (Lipinski definition) is 4. The van der Waals surface area contributed by atoms with Crippen LogP contribution in [0.5, 0.6) is 0 Å². The van der Waals surface area contributed by atoms with E-state index in [2.05, 4.69) is 5.32 Å². The minimum Gasteiger partial charge on any atom is -0.481 e. The standard InChI is InChI=1S/C14H17NO6/c1-9(7-11(16)17)12(13(18)19)15-14(20)21-8-10-5-3-2-4-6-10/h2-6,9,12H,7-8H2,1H3,(H,15,20)(H,16,17)(H,18,19)/t9-,12-/m0/s1. The monoisotopic (exact) mass is 295 g/mol. The minimum absolute atomic E-state index is 0.00627. The molecule has 3 N–H and O–H groups in total. The van der Waals surface area contributed by atoms with Gasteiger partial charge in [0.2, 0.25) is 0 Å². The molecule has 114 valence electrons. The molecule has 2 atom stereocenters. The molecule has 1 aromatic rings. The van der Waals surface area contributed by atoms with Gasteiger partial charge in [0.05, 0.1) is 6.42 Å². The molecule has 0 bridgehead atoms. The van der Waals surface area contributed by atoms with Gasteiger partial charge >= 0.3 is 18.0 Å². The van der Waals surface area contributed by atoms with E-state index in [-0.39, 0.29) is 13.0 Å². The molecule has 0 aliphatic heterocycles. The Morgan fingerprint density at radius 2 is 1.81 bits per heavy atom. The molecular formula is C14H17NO6. The summed E-state index contributed by atoms with van der Waals surface area (Å²) in [4.78, 5) is 33.2. The fourth-order valence-electron chi connectivity index (χ4n) is 1.73. The molecule has 1 aromatic carbocycles. The van der Waals surface area contributed by atoms with Gasteiger partial charge in [-0.1, -0.05) is 37.3 Å². The van der Waals surface area contributed by atoms with Crippen LogP contribution in [0.15, 0.2) is 30.3 Å². The number of carboxylic acids is 2. The van der Waals surface area contributed by atoms with Crippen molar-refractivity contribution >= 4 is 18.0 Å². The maximum Gasteiger partial charge on any atom is 0.408 e. The van der Waals surface area contributed by atoms with Gasteiger partial charge in [-0.2, -0.15) is 0 Å². The number of alkyl carbamates (subject to hydrolysis) is 1. The summed E-state index contributed by atoms with van der Waals surface area (Å²) in [6, 6.07) is 7.59. The van der Waals surface area contributed by atoms with Crippen molar-refractivity contribution < 1.29 is 29.3 Å². The van der Waals surface area contributed by atoms with Crippen LogP contribution in [0, 0.1) is 5.92 Å². The van der Waals surface area contributed by atoms with Crippen LogP contribution in [0.4, 0.5) is 4.79 Å². The highest BCUT2D eigenvalue weighted by Gasteiger charge is 2.28. The first-order valence-electron chi connectivity index (χ1n) is 6.32. The lowest BCUT2D eigenvalue weighted by atomic mass is 9.98. The second-order valence-corrected chi connectivity index (χ2v) is 4.60. The zero-order valence-corrected chi connectivity index (χ0v) is 11.5. The molecule has 0 heterocycles. The van der Waals surface area contributed by atoms with Gasteiger partial charge in [-0.15, -0.1) is 0 Å². The van der Waals surface area contributed by atoms with Crippen LogP contribution in [0.25, 0.3) is 0 Å². The quantitative estimate of drug-likeness (QED) is 0.702. The Hall–Kier alpha value is -2.57. The van der Waals surface area contributed by atoms with Crippen molar-refractivity contribution in [3.63, 3.8) is 0 Å². The third kappa shape index (κ3) is 5.94. The maximum atomic E-state index is 11.6. The van der Waals surface area contributed by atoms with E-state index in [4.69, 9.17) is 14.9 Å². The number of nitrogens with one attached hydrogen (secondary N) is 1. The molecule has 0 saturated carbocycles. The Kier molecular flexibility index (Phi) is 6.19. The highest BCUT2D eigenvalue weighted by Crippen LogP contribution is 2.09. The highest BCUT2D eigenvalue weighted by molar-refractivity contribution is 5.81. The second kappa shape index (κ2) is 7.88. The zero-order valence-electron chi connectivity index (χ0n) is 11.5. The molecule has 21 heavy (non-hydrogen) atoms. The topological polar surface area (TPSA) is 113 Å². The molecule has 0 radical (unpaired) electrons. The molecule has 0 aliphatic rings. The molecule has 0 unspecified atom stereocenters. The minimum atomic E-state index is -1.32. The van der Waals surface area contributed by atoms with Crippen molar-refractivity contribution in [2.24, 2.45) is 5.92 Å². The highest BCUT2D eigenvalue weighted by atomic mass is 16.5. The predicted octanol–water partition coefficient (Wildman–Crippen LogP) is 1.48. The van der Waals surface area contributed by atoms with Gasteiger partial charge in [0.15, 0.2) is 0 Å². The zero-order chi connectivity index (χ0) is 15.8.